The molecule has 1 aromatic rings. The average Bonchev–Trinajstić information content (AvgIpc) is 2.84. The molecule has 0 spiro atoms. The highest BCUT2D eigenvalue weighted by molar-refractivity contribution is 6.35. The number of pyridine rings is 1. The van der Waals surface area contributed by atoms with Gasteiger partial charge in [0, 0.05) is 26.0 Å². The lowest BCUT2D eigenvalue weighted by Gasteiger charge is -2.10. The van der Waals surface area contributed by atoms with Crippen molar-refractivity contribution < 1.29 is 9.47 Å². The van der Waals surface area contributed by atoms with Crippen LogP contribution < -0.4 is 5.32 Å². The molecule has 1 aliphatic rings. The Morgan fingerprint density at radius 1 is 1.50 bits per heavy atom. The second-order valence-corrected chi connectivity index (χ2v) is 4.96. The number of ether oxygens (including phenoxy) is 2. The van der Waals surface area contributed by atoms with Crippen molar-refractivity contribution in [3.05, 3.63) is 22.3 Å². The van der Waals surface area contributed by atoms with Gasteiger partial charge in [-0.3, -0.25) is 0 Å². The highest BCUT2D eigenvalue weighted by Gasteiger charge is 2.15. The number of nitrogens with zero attached hydrogens (tertiary/aromatic N) is 1. The third-order valence-electron chi connectivity index (χ3n) is 2.66. The molecule has 2 rings (SSSR count). The number of nitrogens with one attached hydrogen (secondary N) is 1. The van der Waals surface area contributed by atoms with Gasteiger partial charge in [-0.05, 0) is 18.9 Å². The second-order valence-electron chi connectivity index (χ2n) is 4.12. The topological polar surface area (TPSA) is 43.4 Å². The zero-order valence-electron chi connectivity index (χ0n) is 9.99. The zero-order valence-corrected chi connectivity index (χ0v) is 11.5. The molecule has 18 heavy (non-hydrogen) atoms. The molecule has 0 saturated carbocycles. The summed E-state index contributed by atoms with van der Waals surface area (Å²) in [6.45, 7) is 3.01. The van der Waals surface area contributed by atoms with Gasteiger partial charge in [-0.1, -0.05) is 23.2 Å². The summed E-state index contributed by atoms with van der Waals surface area (Å²) in [5.41, 5.74) is 0. The fraction of sp³-hybridized carbons (Fsp3) is 0.583. The van der Waals surface area contributed by atoms with Crippen LogP contribution in [-0.2, 0) is 9.47 Å². The Kier molecular flexibility index (Phi) is 5.50. The molecule has 2 heterocycles. The molecular formula is C12H16Cl2N2O2. The number of hydrogen-bond acceptors (Lipinski definition) is 4. The Morgan fingerprint density at radius 3 is 3.11 bits per heavy atom. The van der Waals surface area contributed by atoms with E-state index in [1.54, 1.807) is 12.3 Å². The molecule has 1 aromatic heterocycles. The lowest BCUT2D eigenvalue weighted by molar-refractivity contribution is 0.0427. The molecular weight excluding hydrogens is 275 g/mol. The molecule has 100 valence electrons. The molecule has 0 amide bonds. The Morgan fingerprint density at radius 2 is 2.39 bits per heavy atom. The van der Waals surface area contributed by atoms with E-state index in [2.05, 4.69) is 10.3 Å². The largest absolute Gasteiger partial charge is 0.379 e. The minimum atomic E-state index is 0.266. The molecule has 1 aliphatic heterocycles. The number of halogens is 2. The molecule has 4 nitrogen and oxygen atoms in total. The summed E-state index contributed by atoms with van der Waals surface area (Å²) >= 11 is 11.8. The van der Waals surface area contributed by atoms with Gasteiger partial charge >= 0.3 is 0 Å². The summed E-state index contributed by atoms with van der Waals surface area (Å²) in [4.78, 5) is 4.12. The summed E-state index contributed by atoms with van der Waals surface area (Å²) in [6, 6.07) is 1.67. The van der Waals surface area contributed by atoms with Crippen molar-refractivity contribution in [2.75, 3.05) is 31.7 Å². The lowest BCUT2D eigenvalue weighted by Crippen LogP contribution is -2.15. The van der Waals surface area contributed by atoms with Crippen molar-refractivity contribution in [2.24, 2.45) is 0 Å². The van der Waals surface area contributed by atoms with Gasteiger partial charge in [0.15, 0.2) is 0 Å². The fourth-order valence-electron chi connectivity index (χ4n) is 1.72. The number of anilines is 1. The second kappa shape index (κ2) is 7.14. The Bertz CT molecular complexity index is 384. The Balaban J connectivity index is 1.62. The van der Waals surface area contributed by atoms with Crippen molar-refractivity contribution in [1.82, 2.24) is 4.98 Å². The molecule has 1 N–H and O–H groups in total. The highest BCUT2D eigenvalue weighted by atomic mass is 35.5. The maximum Gasteiger partial charge on any atom is 0.144 e. The minimum Gasteiger partial charge on any atom is -0.379 e. The summed E-state index contributed by atoms with van der Waals surface area (Å²) in [6.07, 6.45) is 3.74. The standard InChI is InChI=1S/C12H16Cl2N2O2/c13-9-6-11(14)12(16-7-9)15-3-1-4-18-10-2-5-17-8-10/h6-7,10H,1-5,8H2,(H,15,16). The van der Waals surface area contributed by atoms with Gasteiger partial charge in [0.2, 0.25) is 0 Å². The van der Waals surface area contributed by atoms with E-state index in [0.717, 1.165) is 32.6 Å². The third-order valence-corrected chi connectivity index (χ3v) is 3.16. The predicted octanol–water partition coefficient (Wildman–Crippen LogP) is 3.00. The van der Waals surface area contributed by atoms with Crippen LogP contribution in [0.1, 0.15) is 12.8 Å². The summed E-state index contributed by atoms with van der Waals surface area (Å²) in [7, 11) is 0. The van der Waals surface area contributed by atoms with E-state index in [9.17, 15) is 0 Å². The molecule has 0 aromatic carbocycles. The van der Waals surface area contributed by atoms with Crippen molar-refractivity contribution >= 4 is 29.0 Å². The van der Waals surface area contributed by atoms with E-state index < -0.39 is 0 Å². The van der Waals surface area contributed by atoms with E-state index in [-0.39, 0.29) is 6.10 Å². The van der Waals surface area contributed by atoms with Gasteiger partial charge < -0.3 is 14.8 Å². The quantitative estimate of drug-likeness (QED) is 0.818. The minimum absolute atomic E-state index is 0.266. The van der Waals surface area contributed by atoms with Gasteiger partial charge in [0.25, 0.3) is 0 Å². The first-order valence-corrected chi connectivity index (χ1v) is 6.75. The maximum atomic E-state index is 5.99. The van der Waals surface area contributed by atoms with Gasteiger partial charge in [0.05, 0.1) is 22.8 Å². The van der Waals surface area contributed by atoms with Gasteiger partial charge in [0.1, 0.15) is 5.82 Å². The number of aromatic nitrogens is 1. The van der Waals surface area contributed by atoms with Crippen LogP contribution in [0.2, 0.25) is 10.0 Å². The van der Waals surface area contributed by atoms with Crippen LogP contribution >= 0.6 is 23.2 Å². The molecule has 0 aliphatic carbocycles. The fourth-order valence-corrected chi connectivity index (χ4v) is 2.16. The number of rotatable bonds is 6. The van der Waals surface area contributed by atoms with Gasteiger partial charge in [-0.25, -0.2) is 4.98 Å². The first-order chi connectivity index (χ1) is 8.75. The SMILES string of the molecule is Clc1cnc(NCCCOC2CCOC2)c(Cl)c1. The van der Waals surface area contributed by atoms with Crippen LogP contribution in [0, 0.1) is 0 Å². The molecule has 6 heteroatoms. The molecule has 1 unspecified atom stereocenters. The van der Waals surface area contributed by atoms with Crippen molar-refractivity contribution in [3.63, 3.8) is 0 Å². The highest BCUT2D eigenvalue weighted by Crippen LogP contribution is 2.22. The van der Waals surface area contributed by atoms with Crippen molar-refractivity contribution in [3.8, 4) is 0 Å². The van der Waals surface area contributed by atoms with Crippen LogP contribution in [0.5, 0.6) is 0 Å². The van der Waals surface area contributed by atoms with E-state index in [1.807, 2.05) is 0 Å². The van der Waals surface area contributed by atoms with Gasteiger partial charge in [-0.2, -0.15) is 0 Å². The maximum absolute atomic E-state index is 5.99. The van der Waals surface area contributed by atoms with E-state index >= 15 is 0 Å². The van der Waals surface area contributed by atoms with E-state index in [0.29, 0.717) is 22.5 Å². The summed E-state index contributed by atoms with van der Waals surface area (Å²) in [5, 5.41) is 4.22. The normalized spacial score (nSPS) is 19.1. The molecule has 1 fully saturated rings. The first kappa shape index (κ1) is 13.9. The zero-order chi connectivity index (χ0) is 12.8. The van der Waals surface area contributed by atoms with Crippen molar-refractivity contribution in [2.45, 2.75) is 18.9 Å². The molecule has 0 radical (unpaired) electrons. The average molecular weight is 291 g/mol. The first-order valence-electron chi connectivity index (χ1n) is 6.00. The van der Waals surface area contributed by atoms with Crippen LogP contribution in [0.25, 0.3) is 0 Å². The smallest absolute Gasteiger partial charge is 0.144 e. The van der Waals surface area contributed by atoms with Crippen LogP contribution in [-0.4, -0.2) is 37.5 Å². The monoisotopic (exact) mass is 290 g/mol. The van der Waals surface area contributed by atoms with Crippen LogP contribution in [0.15, 0.2) is 12.3 Å². The third kappa shape index (κ3) is 4.28. The Hall–Kier alpha value is -0.550. The molecule has 1 saturated heterocycles. The van der Waals surface area contributed by atoms with Crippen molar-refractivity contribution in [1.29, 1.82) is 0 Å². The van der Waals surface area contributed by atoms with Gasteiger partial charge in [-0.15, -0.1) is 0 Å². The lowest BCUT2D eigenvalue weighted by atomic mass is 10.3. The van der Waals surface area contributed by atoms with Crippen LogP contribution in [0.4, 0.5) is 5.82 Å². The van der Waals surface area contributed by atoms with E-state index in [1.165, 1.54) is 0 Å². The summed E-state index contributed by atoms with van der Waals surface area (Å²) < 4.78 is 10.9. The Labute approximate surface area is 117 Å². The number of hydrogen-bond donors (Lipinski definition) is 1. The van der Waals surface area contributed by atoms with Crippen LogP contribution in [0.3, 0.4) is 0 Å². The molecule has 1 atom stereocenters. The summed E-state index contributed by atoms with van der Waals surface area (Å²) in [5.74, 6) is 0.658. The predicted molar refractivity (Wildman–Crippen MR) is 72.5 cm³/mol. The van der Waals surface area contributed by atoms with E-state index in [4.69, 9.17) is 32.7 Å². The molecule has 0 bridgehead atoms.